The average Bonchev–Trinajstić information content (AvgIpc) is 3.15. The van der Waals surface area contributed by atoms with Gasteiger partial charge in [0, 0.05) is 6.42 Å². The van der Waals surface area contributed by atoms with Crippen molar-refractivity contribution in [1.82, 2.24) is 5.32 Å². The van der Waals surface area contributed by atoms with E-state index in [2.05, 4.69) is 38.2 Å². The first kappa shape index (κ1) is 51.6. The van der Waals surface area contributed by atoms with Gasteiger partial charge in [-0.25, -0.2) is 0 Å². The highest BCUT2D eigenvalue weighted by Crippen LogP contribution is 2.18. The summed E-state index contributed by atoms with van der Waals surface area (Å²) in [6.07, 6.45) is 44.2. The maximum atomic E-state index is 13.1. The van der Waals surface area contributed by atoms with Gasteiger partial charge in [0.1, 0.15) is 6.10 Å². The Kier molecular flexibility index (Phi) is 40.7. The fourth-order valence-electron chi connectivity index (χ4n) is 7.23. The molecule has 314 valence electrons. The van der Waals surface area contributed by atoms with Crippen LogP contribution in [0.1, 0.15) is 252 Å². The summed E-state index contributed by atoms with van der Waals surface area (Å²) >= 11 is 0. The van der Waals surface area contributed by atoms with Crippen molar-refractivity contribution in [3.05, 3.63) is 12.2 Å². The largest absolute Gasteiger partial charge is 0.462 e. The lowest BCUT2D eigenvalue weighted by molar-refractivity contribution is -0.151. The zero-order valence-corrected chi connectivity index (χ0v) is 35.7. The molecule has 0 radical (unpaired) electrons. The fraction of sp³-hybridized carbons (Fsp3) is 0.915. The Morgan fingerprint density at radius 3 is 1.40 bits per heavy atom. The first-order valence-electron chi connectivity index (χ1n) is 23.4. The topological polar surface area (TPSA) is 95.9 Å². The second-order valence-corrected chi connectivity index (χ2v) is 16.2. The number of ether oxygens (including phenoxy) is 1. The van der Waals surface area contributed by atoms with Crippen LogP contribution in [0.3, 0.4) is 0 Å². The molecule has 0 bridgehead atoms. The van der Waals surface area contributed by atoms with Crippen molar-refractivity contribution in [2.24, 2.45) is 0 Å². The number of rotatable bonds is 42. The Morgan fingerprint density at radius 2 is 0.925 bits per heavy atom. The van der Waals surface area contributed by atoms with E-state index < -0.39 is 18.2 Å². The predicted octanol–water partition coefficient (Wildman–Crippen LogP) is 13.4. The molecule has 0 aliphatic heterocycles. The fourth-order valence-corrected chi connectivity index (χ4v) is 7.23. The lowest BCUT2D eigenvalue weighted by atomic mass is 10.0. The zero-order chi connectivity index (χ0) is 38.9. The second-order valence-electron chi connectivity index (χ2n) is 16.2. The summed E-state index contributed by atoms with van der Waals surface area (Å²) in [5.74, 6) is -0.481. The van der Waals surface area contributed by atoms with Crippen LogP contribution in [0.25, 0.3) is 0 Å². The van der Waals surface area contributed by atoms with Crippen molar-refractivity contribution < 1.29 is 24.5 Å². The van der Waals surface area contributed by atoms with Gasteiger partial charge in [-0.3, -0.25) is 9.59 Å². The number of aliphatic hydroxyl groups is 2. The van der Waals surface area contributed by atoms with Crippen molar-refractivity contribution in [2.75, 3.05) is 6.61 Å². The lowest BCUT2D eigenvalue weighted by Crippen LogP contribution is -2.46. The molecule has 3 N–H and O–H groups in total. The summed E-state index contributed by atoms with van der Waals surface area (Å²) in [6, 6.07) is -0.697. The number of aliphatic hydroxyl groups excluding tert-OH is 2. The van der Waals surface area contributed by atoms with Crippen molar-refractivity contribution in [3.63, 3.8) is 0 Å². The van der Waals surface area contributed by atoms with Gasteiger partial charge in [-0.15, -0.1) is 0 Å². The highest BCUT2D eigenvalue weighted by atomic mass is 16.5. The highest BCUT2D eigenvalue weighted by molar-refractivity contribution is 5.77. The molecule has 0 saturated carbocycles. The molecule has 0 aliphatic rings. The van der Waals surface area contributed by atoms with Crippen molar-refractivity contribution >= 4 is 11.9 Å². The molecule has 6 nitrogen and oxygen atoms in total. The maximum absolute atomic E-state index is 13.1. The summed E-state index contributed by atoms with van der Waals surface area (Å²) in [4.78, 5) is 25.9. The van der Waals surface area contributed by atoms with Gasteiger partial charge in [-0.2, -0.15) is 0 Å². The average molecular weight is 750 g/mol. The van der Waals surface area contributed by atoms with Gasteiger partial charge in [0.05, 0.1) is 25.2 Å². The van der Waals surface area contributed by atoms with Gasteiger partial charge >= 0.3 is 5.97 Å². The van der Waals surface area contributed by atoms with Crippen LogP contribution in [0.5, 0.6) is 0 Å². The Hall–Kier alpha value is -1.40. The van der Waals surface area contributed by atoms with Crippen LogP contribution in [0.15, 0.2) is 12.2 Å². The number of nitrogens with one attached hydrogen (secondary N) is 1. The molecule has 0 saturated heterocycles. The van der Waals surface area contributed by atoms with Crippen molar-refractivity contribution in [2.45, 2.75) is 270 Å². The van der Waals surface area contributed by atoms with Gasteiger partial charge in [-0.05, 0) is 44.9 Å². The number of hydrogen-bond acceptors (Lipinski definition) is 5. The Balaban J connectivity index is 4.49. The Labute approximate surface area is 329 Å². The van der Waals surface area contributed by atoms with Crippen LogP contribution >= 0.6 is 0 Å². The van der Waals surface area contributed by atoms with Crippen LogP contribution in [-0.4, -0.2) is 46.9 Å². The van der Waals surface area contributed by atoms with Crippen molar-refractivity contribution in [1.29, 1.82) is 0 Å². The van der Waals surface area contributed by atoms with Gasteiger partial charge in [0.2, 0.25) is 5.91 Å². The highest BCUT2D eigenvalue weighted by Gasteiger charge is 2.24. The van der Waals surface area contributed by atoms with Crippen LogP contribution in [0, 0.1) is 0 Å². The first-order valence-corrected chi connectivity index (χ1v) is 23.4. The monoisotopic (exact) mass is 750 g/mol. The number of esters is 1. The summed E-state index contributed by atoms with van der Waals surface area (Å²) in [7, 11) is 0. The maximum Gasteiger partial charge on any atom is 0.306 e. The predicted molar refractivity (Wildman–Crippen MR) is 227 cm³/mol. The van der Waals surface area contributed by atoms with Gasteiger partial charge in [0.25, 0.3) is 0 Å². The van der Waals surface area contributed by atoms with Gasteiger partial charge in [-0.1, -0.05) is 206 Å². The first-order chi connectivity index (χ1) is 26.0. The van der Waals surface area contributed by atoms with E-state index in [0.29, 0.717) is 19.3 Å². The SMILES string of the molecule is CCCC/C=C\CCCCCC(CC(=O)NC(CO)C(O)CCCCCCCCCCCCC)OC(=O)CCCCCCCCCCCCCCCC. The molecule has 3 unspecified atom stereocenters. The van der Waals surface area contributed by atoms with Gasteiger partial charge in [0.15, 0.2) is 0 Å². The molecule has 3 atom stereocenters. The van der Waals surface area contributed by atoms with Crippen LogP contribution in [0.2, 0.25) is 0 Å². The third kappa shape index (κ3) is 37.3. The minimum Gasteiger partial charge on any atom is -0.462 e. The number of unbranched alkanes of at least 4 members (excludes halogenated alkanes) is 28. The summed E-state index contributed by atoms with van der Waals surface area (Å²) < 4.78 is 5.89. The smallest absolute Gasteiger partial charge is 0.306 e. The number of allylic oxidation sites excluding steroid dienone is 2. The molecular formula is C47H91NO5. The molecular weight excluding hydrogens is 659 g/mol. The molecule has 0 aromatic carbocycles. The molecule has 0 heterocycles. The normalized spacial score (nSPS) is 13.4. The van der Waals surface area contributed by atoms with Crippen LogP contribution < -0.4 is 5.32 Å². The third-order valence-electron chi connectivity index (χ3n) is 10.8. The van der Waals surface area contributed by atoms with Crippen LogP contribution in [-0.2, 0) is 14.3 Å². The molecule has 0 aliphatic carbocycles. The summed E-state index contributed by atoms with van der Waals surface area (Å²) in [5.41, 5.74) is 0. The molecule has 0 aromatic heterocycles. The van der Waals surface area contributed by atoms with E-state index in [1.54, 1.807) is 0 Å². The third-order valence-corrected chi connectivity index (χ3v) is 10.8. The lowest BCUT2D eigenvalue weighted by Gasteiger charge is -2.24. The minimum absolute atomic E-state index is 0.0725. The second kappa shape index (κ2) is 41.8. The van der Waals surface area contributed by atoms with E-state index in [1.807, 2.05) is 0 Å². The number of carbonyl (C=O) groups excluding carboxylic acids is 2. The van der Waals surface area contributed by atoms with E-state index in [-0.39, 0.29) is 24.9 Å². The van der Waals surface area contributed by atoms with Crippen molar-refractivity contribution in [3.8, 4) is 0 Å². The molecule has 0 fully saturated rings. The molecule has 53 heavy (non-hydrogen) atoms. The molecule has 0 spiro atoms. The number of hydrogen-bond donors (Lipinski definition) is 3. The van der Waals surface area contributed by atoms with E-state index in [4.69, 9.17) is 4.74 Å². The van der Waals surface area contributed by atoms with E-state index in [1.165, 1.54) is 141 Å². The molecule has 0 rings (SSSR count). The number of carbonyl (C=O) groups is 2. The summed E-state index contributed by atoms with van der Waals surface area (Å²) in [6.45, 7) is 6.43. The quantitative estimate of drug-likeness (QED) is 0.0328. The molecule has 1 amide bonds. The van der Waals surface area contributed by atoms with Gasteiger partial charge < -0.3 is 20.3 Å². The standard InChI is InChI=1S/C47H91NO5/c1-4-7-10-13-16-19-21-22-23-25-28-31-34-37-40-47(52)53-43(38-35-32-29-26-18-15-12-9-6-3)41-46(51)48-44(42-49)45(50)39-36-33-30-27-24-20-17-14-11-8-5-2/h15,18,43-45,49-50H,4-14,16-17,19-42H2,1-3H3,(H,48,51)/b18-15-. The molecule has 0 aromatic rings. The summed E-state index contributed by atoms with van der Waals surface area (Å²) in [5, 5.41) is 23.6. The van der Waals surface area contributed by atoms with E-state index in [9.17, 15) is 19.8 Å². The zero-order valence-electron chi connectivity index (χ0n) is 35.7. The minimum atomic E-state index is -0.783. The van der Waals surface area contributed by atoms with E-state index >= 15 is 0 Å². The Bertz CT molecular complexity index is 802. The Morgan fingerprint density at radius 1 is 0.528 bits per heavy atom. The van der Waals surface area contributed by atoms with E-state index in [0.717, 1.165) is 64.2 Å². The molecule has 6 heteroatoms. The number of amides is 1. The van der Waals surface area contributed by atoms with Crippen LogP contribution in [0.4, 0.5) is 0 Å².